The maximum atomic E-state index is 6.02. The molecule has 0 amide bonds. The van der Waals surface area contributed by atoms with Gasteiger partial charge in [0.25, 0.3) is 0 Å². The van der Waals surface area contributed by atoms with E-state index >= 15 is 0 Å². The van der Waals surface area contributed by atoms with Crippen LogP contribution >= 0.6 is 23.4 Å². The molecule has 28 heavy (non-hydrogen) atoms. The van der Waals surface area contributed by atoms with Crippen molar-refractivity contribution in [3.8, 4) is 11.5 Å². The van der Waals surface area contributed by atoms with Gasteiger partial charge in [-0.2, -0.15) is 9.78 Å². The van der Waals surface area contributed by atoms with Crippen LogP contribution in [0.25, 0.3) is 0 Å². The maximum Gasteiger partial charge on any atom is 0.212 e. The van der Waals surface area contributed by atoms with Crippen LogP contribution in [0, 0.1) is 0 Å². The topological polar surface area (TPSA) is 61.5 Å². The van der Waals surface area contributed by atoms with E-state index in [1.165, 1.54) is 0 Å². The summed E-state index contributed by atoms with van der Waals surface area (Å²) in [4.78, 5) is 0. The molecule has 4 rings (SSSR count). The summed E-state index contributed by atoms with van der Waals surface area (Å²) in [6, 6.07) is 13.6. The third-order valence-electron chi connectivity index (χ3n) is 4.50. The van der Waals surface area contributed by atoms with Gasteiger partial charge in [0.15, 0.2) is 17.3 Å². The van der Waals surface area contributed by atoms with Gasteiger partial charge < -0.3 is 9.47 Å². The molecule has 2 heterocycles. The summed E-state index contributed by atoms with van der Waals surface area (Å²) < 4.78 is 12.5. The van der Waals surface area contributed by atoms with Crippen LogP contribution in [0.4, 0.5) is 0 Å². The van der Waals surface area contributed by atoms with E-state index in [0.717, 1.165) is 27.8 Å². The molecule has 0 saturated heterocycles. The van der Waals surface area contributed by atoms with Gasteiger partial charge in [0.05, 0.1) is 25.2 Å². The Labute approximate surface area is 172 Å². The Balaban J connectivity index is 1.68. The molecule has 1 atom stereocenters. The Bertz CT molecular complexity index is 1030. The first-order valence-electron chi connectivity index (χ1n) is 8.75. The van der Waals surface area contributed by atoms with E-state index in [0.29, 0.717) is 22.9 Å². The molecule has 0 N–H and O–H groups in total. The van der Waals surface area contributed by atoms with Crippen molar-refractivity contribution in [2.24, 2.45) is 5.10 Å². The number of fused-ring (bicyclic) bond motifs is 1. The molecule has 0 fully saturated rings. The molecule has 1 aliphatic rings. The lowest BCUT2D eigenvalue weighted by molar-refractivity contribution is 0.354. The van der Waals surface area contributed by atoms with Crippen LogP contribution in [-0.4, -0.2) is 40.1 Å². The number of benzene rings is 2. The average molecular weight is 415 g/mol. The standard InChI is InChI=1S/C20H19ClN4O2S/c1-12-19(14-5-7-15(21)8-6-14)24-25-18(22-23-20(25)28-12)11-13-4-9-16(26-2)17(10-13)27-3/h4-10,12H,11H2,1-3H3. The minimum absolute atomic E-state index is 0.173. The van der Waals surface area contributed by atoms with E-state index in [1.54, 1.807) is 26.0 Å². The molecule has 0 aliphatic carbocycles. The summed E-state index contributed by atoms with van der Waals surface area (Å²) >= 11 is 7.67. The lowest BCUT2D eigenvalue weighted by atomic mass is 10.1. The third-order valence-corrected chi connectivity index (χ3v) is 5.80. The van der Waals surface area contributed by atoms with Crippen LogP contribution in [0.3, 0.4) is 0 Å². The summed E-state index contributed by atoms with van der Waals surface area (Å²) in [6.07, 6.45) is 0.583. The molecule has 1 unspecified atom stereocenters. The van der Waals surface area contributed by atoms with Crippen LogP contribution in [-0.2, 0) is 6.42 Å². The number of rotatable bonds is 5. The summed E-state index contributed by atoms with van der Waals surface area (Å²) in [5.41, 5.74) is 3.06. The van der Waals surface area contributed by atoms with Gasteiger partial charge >= 0.3 is 0 Å². The zero-order valence-corrected chi connectivity index (χ0v) is 17.3. The van der Waals surface area contributed by atoms with Gasteiger partial charge in [-0.15, -0.1) is 10.2 Å². The van der Waals surface area contributed by atoms with Crippen LogP contribution < -0.4 is 9.47 Å². The molecule has 0 saturated carbocycles. The molecule has 1 aliphatic heterocycles. The second kappa shape index (κ2) is 7.85. The first-order valence-corrected chi connectivity index (χ1v) is 10.0. The highest BCUT2D eigenvalue weighted by Gasteiger charge is 2.25. The fourth-order valence-electron chi connectivity index (χ4n) is 3.07. The van der Waals surface area contributed by atoms with Crippen molar-refractivity contribution in [3.05, 3.63) is 64.4 Å². The fraction of sp³-hybridized carbons (Fsp3) is 0.250. The Kier molecular flexibility index (Phi) is 5.28. The van der Waals surface area contributed by atoms with E-state index in [9.17, 15) is 0 Å². The van der Waals surface area contributed by atoms with Gasteiger partial charge in [0.2, 0.25) is 5.16 Å². The highest BCUT2D eigenvalue weighted by Crippen LogP contribution is 2.32. The molecule has 0 bridgehead atoms. The van der Waals surface area contributed by atoms with Crippen molar-refractivity contribution >= 4 is 29.1 Å². The third kappa shape index (κ3) is 3.59. The number of hydrogen-bond donors (Lipinski definition) is 0. The van der Waals surface area contributed by atoms with Gasteiger partial charge in [-0.3, -0.25) is 0 Å². The molecule has 8 heteroatoms. The minimum Gasteiger partial charge on any atom is -0.493 e. The second-order valence-corrected chi connectivity index (χ2v) is 8.07. The highest BCUT2D eigenvalue weighted by molar-refractivity contribution is 8.00. The van der Waals surface area contributed by atoms with Crippen molar-refractivity contribution in [2.75, 3.05) is 14.2 Å². The van der Waals surface area contributed by atoms with E-state index in [-0.39, 0.29) is 5.25 Å². The van der Waals surface area contributed by atoms with E-state index in [4.69, 9.17) is 26.2 Å². The van der Waals surface area contributed by atoms with Crippen molar-refractivity contribution in [2.45, 2.75) is 23.8 Å². The SMILES string of the molecule is COc1ccc(Cc2nnc3n2N=C(c2ccc(Cl)cc2)C(C)S3)cc1OC. The van der Waals surface area contributed by atoms with Gasteiger partial charge in [0.1, 0.15) is 0 Å². The summed E-state index contributed by atoms with van der Waals surface area (Å²) in [5, 5.41) is 15.2. The van der Waals surface area contributed by atoms with Crippen LogP contribution in [0.1, 0.15) is 23.9 Å². The highest BCUT2D eigenvalue weighted by atomic mass is 35.5. The van der Waals surface area contributed by atoms with E-state index in [2.05, 4.69) is 17.1 Å². The fourth-order valence-corrected chi connectivity index (χ4v) is 4.14. The molecule has 0 radical (unpaired) electrons. The minimum atomic E-state index is 0.173. The first-order chi connectivity index (χ1) is 13.6. The number of aromatic nitrogens is 3. The lowest BCUT2D eigenvalue weighted by Crippen LogP contribution is -2.22. The van der Waals surface area contributed by atoms with Gasteiger partial charge in [-0.25, -0.2) is 0 Å². The Morgan fingerprint density at radius 2 is 1.79 bits per heavy atom. The number of halogens is 1. The molecule has 3 aromatic rings. The molecular weight excluding hydrogens is 396 g/mol. The van der Waals surface area contributed by atoms with Crippen molar-refractivity contribution in [1.82, 2.24) is 14.9 Å². The molecular formula is C20H19ClN4O2S. The molecule has 144 valence electrons. The number of thioether (sulfide) groups is 1. The summed E-state index contributed by atoms with van der Waals surface area (Å²) in [6.45, 7) is 2.12. The van der Waals surface area contributed by atoms with Crippen LogP contribution in [0.2, 0.25) is 5.02 Å². The Hall–Kier alpha value is -2.51. The van der Waals surface area contributed by atoms with Gasteiger partial charge in [0, 0.05) is 11.4 Å². The number of hydrogen-bond acceptors (Lipinski definition) is 6. The average Bonchev–Trinajstić information content (AvgIpc) is 3.09. The van der Waals surface area contributed by atoms with Crippen molar-refractivity contribution in [3.63, 3.8) is 0 Å². The van der Waals surface area contributed by atoms with E-state index in [1.807, 2.05) is 47.1 Å². The van der Waals surface area contributed by atoms with Crippen molar-refractivity contribution in [1.29, 1.82) is 0 Å². The van der Waals surface area contributed by atoms with Gasteiger partial charge in [-0.1, -0.05) is 41.6 Å². The predicted molar refractivity (Wildman–Crippen MR) is 111 cm³/mol. The summed E-state index contributed by atoms with van der Waals surface area (Å²) in [5.74, 6) is 2.15. The predicted octanol–water partition coefficient (Wildman–Crippen LogP) is 4.29. The largest absolute Gasteiger partial charge is 0.493 e. The Morgan fingerprint density at radius 3 is 2.50 bits per heavy atom. The first kappa shape index (κ1) is 18.8. The number of methoxy groups -OCH3 is 2. The van der Waals surface area contributed by atoms with Crippen molar-refractivity contribution < 1.29 is 9.47 Å². The maximum absolute atomic E-state index is 6.02. The van der Waals surface area contributed by atoms with Crippen LogP contribution in [0.15, 0.2) is 52.7 Å². The lowest BCUT2D eigenvalue weighted by Gasteiger charge is -2.20. The second-order valence-electron chi connectivity index (χ2n) is 6.33. The summed E-state index contributed by atoms with van der Waals surface area (Å²) in [7, 11) is 3.25. The normalized spacial score (nSPS) is 15.7. The quantitative estimate of drug-likeness (QED) is 0.623. The molecule has 1 aromatic heterocycles. The monoisotopic (exact) mass is 414 g/mol. The van der Waals surface area contributed by atoms with Gasteiger partial charge in [-0.05, 0) is 42.3 Å². The smallest absolute Gasteiger partial charge is 0.212 e. The molecule has 6 nitrogen and oxygen atoms in total. The zero-order valence-electron chi connectivity index (χ0n) is 15.7. The Morgan fingerprint density at radius 1 is 1.04 bits per heavy atom. The van der Waals surface area contributed by atoms with E-state index < -0.39 is 0 Å². The number of ether oxygens (including phenoxy) is 2. The number of nitrogens with zero attached hydrogens (tertiary/aromatic N) is 4. The zero-order chi connectivity index (χ0) is 19.7. The molecule has 0 spiro atoms. The molecule has 2 aromatic carbocycles. The van der Waals surface area contributed by atoms with Crippen LogP contribution in [0.5, 0.6) is 11.5 Å².